The molecule has 2 nitrogen and oxygen atoms in total. The quantitative estimate of drug-likeness (QED) is 0.822. The van der Waals surface area contributed by atoms with Gasteiger partial charge in [-0.15, -0.1) is 0 Å². The zero-order valence-corrected chi connectivity index (χ0v) is 9.21. The monoisotopic (exact) mass is 272 g/mol. The molecule has 78 valence electrons. The summed E-state index contributed by atoms with van der Waals surface area (Å²) in [4.78, 5) is 0. The van der Waals surface area contributed by atoms with E-state index in [2.05, 4.69) is 21.0 Å². The smallest absolute Gasteiger partial charge is 0.159 e. The van der Waals surface area contributed by atoms with Crippen LogP contribution in [0.3, 0.4) is 0 Å². The first-order valence-corrected chi connectivity index (χ1v) is 5.06. The predicted octanol–water partition coefficient (Wildman–Crippen LogP) is 2.97. The number of benzene rings is 1. The van der Waals surface area contributed by atoms with Gasteiger partial charge >= 0.3 is 0 Å². The van der Waals surface area contributed by atoms with E-state index in [1.54, 1.807) is 17.1 Å². The Kier molecular flexibility index (Phi) is 2.81. The van der Waals surface area contributed by atoms with Gasteiger partial charge in [0.05, 0.1) is 17.2 Å². The topological polar surface area (TPSA) is 17.8 Å². The van der Waals surface area contributed by atoms with Gasteiger partial charge in [-0.05, 0) is 33.6 Å². The zero-order chi connectivity index (χ0) is 10.8. The molecule has 0 bridgehead atoms. The van der Waals surface area contributed by atoms with Crippen molar-refractivity contribution in [3.05, 3.63) is 52.3 Å². The van der Waals surface area contributed by atoms with Gasteiger partial charge in [-0.3, -0.25) is 4.68 Å². The van der Waals surface area contributed by atoms with E-state index >= 15 is 0 Å². The fraction of sp³-hybridized carbons (Fsp3) is 0.100. The van der Waals surface area contributed by atoms with Crippen LogP contribution in [-0.4, -0.2) is 9.78 Å². The largest absolute Gasteiger partial charge is 0.267 e. The number of rotatable bonds is 2. The van der Waals surface area contributed by atoms with Crippen molar-refractivity contribution in [2.45, 2.75) is 6.54 Å². The lowest BCUT2D eigenvalue weighted by molar-refractivity contribution is 0.506. The van der Waals surface area contributed by atoms with Crippen LogP contribution in [0.1, 0.15) is 5.56 Å². The van der Waals surface area contributed by atoms with Crippen molar-refractivity contribution in [2.75, 3.05) is 0 Å². The molecule has 0 aliphatic heterocycles. The molecule has 0 spiro atoms. The van der Waals surface area contributed by atoms with Crippen LogP contribution in [0.4, 0.5) is 8.78 Å². The van der Waals surface area contributed by atoms with Gasteiger partial charge in [-0.1, -0.05) is 6.07 Å². The first-order valence-electron chi connectivity index (χ1n) is 4.27. The fourth-order valence-electron chi connectivity index (χ4n) is 1.25. The molecule has 0 atom stereocenters. The molecule has 5 heteroatoms. The molecule has 1 aromatic heterocycles. The van der Waals surface area contributed by atoms with Crippen molar-refractivity contribution in [1.29, 1.82) is 0 Å². The SMILES string of the molecule is Fc1ccc(Cn2cc(Br)cn2)cc1F. The molecule has 15 heavy (non-hydrogen) atoms. The predicted molar refractivity (Wildman–Crippen MR) is 55.4 cm³/mol. The molecule has 1 heterocycles. The molecule has 0 aliphatic carbocycles. The minimum absolute atomic E-state index is 0.419. The number of hydrogen-bond donors (Lipinski definition) is 0. The molecule has 2 aromatic rings. The second-order valence-electron chi connectivity index (χ2n) is 3.10. The van der Waals surface area contributed by atoms with E-state index in [0.717, 1.165) is 10.5 Å². The molecule has 1 aromatic carbocycles. The first kappa shape index (κ1) is 10.3. The molecule has 0 saturated carbocycles. The van der Waals surface area contributed by atoms with E-state index in [1.165, 1.54) is 12.1 Å². The average molecular weight is 273 g/mol. The number of halogens is 3. The number of aromatic nitrogens is 2. The van der Waals surface area contributed by atoms with Crippen molar-refractivity contribution in [3.63, 3.8) is 0 Å². The Hall–Kier alpha value is -1.23. The average Bonchev–Trinajstić information content (AvgIpc) is 2.58. The Labute approximate surface area is 93.7 Å². The Balaban J connectivity index is 2.21. The summed E-state index contributed by atoms with van der Waals surface area (Å²) >= 11 is 3.25. The van der Waals surface area contributed by atoms with E-state index in [9.17, 15) is 8.78 Å². The molecular formula is C10H7BrF2N2. The molecule has 0 saturated heterocycles. The summed E-state index contributed by atoms with van der Waals surface area (Å²) in [5.74, 6) is -1.67. The third-order valence-corrected chi connectivity index (χ3v) is 2.34. The van der Waals surface area contributed by atoms with Crippen LogP contribution in [0.25, 0.3) is 0 Å². The summed E-state index contributed by atoms with van der Waals surface area (Å²) in [5.41, 5.74) is 0.671. The summed E-state index contributed by atoms with van der Waals surface area (Å²) in [6.45, 7) is 0.419. The van der Waals surface area contributed by atoms with Crippen LogP contribution in [0, 0.1) is 11.6 Å². The minimum Gasteiger partial charge on any atom is -0.267 e. The highest BCUT2D eigenvalue weighted by Gasteiger charge is 2.03. The fourth-order valence-corrected chi connectivity index (χ4v) is 1.58. The standard InChI is InChI=1S/C10H7BrF2N2/c11-8-4-14-15(6-8)5-7-1-2-9(12)10(13)3-7/h1-4,6H,5H2. The van der Waals surface area contributed by atoms with E-state index in [4.69, 9.17) is 0 Å². The third kappa shape index (κ3) is 2.41. The maximum atomic E-state index is 12.9. The third-order valence-electron chi connectivity index (χ3n) is 1.93. The normalized spacial score (nSPS) is 10.6. The van der Waals surface area contributed by atoms with Gasteiger partial charge in [0.2, 0.25) is 0 Å². The van der Waals surface area contributed by atoms with Crippen LogP contribution in [0.5, 0.6) is 0 Å². The van der Waals surface area contributed by atoms with Crippen molar-refractivity contribution in [2.24, 2.45) is 0 Å². The van der Waals surface area contributed by atoms with E-state index < -0.39 is 11.6 Å². The molecule has 0 fully saturated rings. The van der Waals surface area contributed by atoms with Gasteiger partial charge in [-0.2, -0.15) is 5.10 Å². The van der Waals surface area contributed by atoms with Crippen molar-refractivity contribution >= 4 is 15.9 Å². The van der Waals surface area contributed by atoms with E-state index in [-0.39, 0.29) is 0 Å². The second kappa shape index (κ2) is 4.10. The highest BCUT2D eigenvalue weighted by atomic mass is 79.9. The van der Waals surface area contributed by atoms with Crippen molar-refractivity contribution in [1.82, 2.24) is 9.78 Å². The number of hydrogen-bond acceptors (Lipinski definition) is 1. The summed E-state index contributed by atoms with van der Waals surface area (Å²) < 4.78 is 28.0. The molecule has 0 aliphatic rings. The van der Waals surface area contributed by atoms with Gasteiger partial charge in [-0.25, -0.2) is 8.78 Å². The Morgan fingerprint density at radius 1 is 1.27 bits per heavy atom. The maximum Gasteiger partial charge on any atom is 0.159 e. The lowest BCUT2D eigenvalue weighted by atomic mass is 10.2. The molecule has 2 rings (SSSR count). The van der Waals surface area contributed by atoms with Crippen molar-refractivity contribution in [3.8, 4) is 0 Å². The van der Waals surface area contributed by atoms with Crippen molar-refractivity contribution < 1.29 is 8.78 Å². The summed E-state index contributed by atoms with van der Waals surface area (Å²) in [5, 5.41) is 4.02. The molecule has 0 N–H and O–H groups in total. The summed E-state index contributed by atoms with van der Waals surface area (Å²) in [7, 11) is 0. The van der Waals surface area contributed by atoms with Gasteiger partial charge < -0.3 is 0 Å². The van der Waals surface area contributed by atoms with Gasteiger partial charge in [0, 0.05) is 6.20 Å². The maximum absolute atomic E-state index is 12.9. The van der Waals surface area contributed by atoms with Gasteiger partial charge in [0.15, 0.2) is 11.6 Å². The zero-order valence-electron chi connectivity index (χ0n) is 7.62. The lowest BCUT2D eigenvalue weighted by Gasteiger charge is -2.02. The Morgan fingerprint density at radius 2 is 2.07 bits per heavy atom. The van der Waals surface area contributed by atoms with Crippen LogP contribution < -0.4 is 0 Å². The van der Waals surface area contributed by atoms with E-state index in [1.807, 2.05) is 0 Å². The highest BCUT2D eigenvalue weighted by Crippen LogP contribution is 2.11. The number of nitrogens with zero attached hydrogens (tertiary/aromatic N) is 2. The lowest BCUT2D eigenvalue weighted by Crippen LogP contribution is -2.00. The molecule has 0 unspecified atom stereocenters. The second-order valence-corrected chi connectivity index (χ2v) is 4.02. The Bertz CT molecular complexity index is 482. The Morgan fingerprint density at radius 3 is 2.67 bits per heavy atom. The van der Waals surface area contributed by atoms with E-state index in [0.29, 0.717) is 12.1 Å². The minimum atomic E-state index is -0.835. The van der Waals surface area contributed by atoms with Gasteiger partial charge in [0.1, 0.15) is 0 Å². The van der Waals surface area contributed by atoms with Gasteiger partial charge in [0.25, 0.3) is 0 Å². The molecular weight excluding hydrogens is 266 g/mol. The van der Waals surface area contributed by atoms with Crippen LogP contribution in [-0.2, 0) is 6.54 Å². The highest BCUT2D eigenvalue weighted by molar-refractivity contribution is 9.10. The molecule has 0 radical (unpaired) electrons. The summed E-state index contributed by atoms with van der Waals surface area (Å²) in [6.07, 6.45) is 3.40. The van der Waals surface area contributed by atoms with Crippen LogP contribution in [0.15, 0.2) is 35.1 Å². The molecule has 0 amide bonds. The summed E-state index contributed by atoms with van der Waals surface area (Å²) in [6, 6.07) is 3.82. The first-order chi connectivity index (χ1) is 7.15. The van der Waals surface area contributed by atoms with Crippen LogP contribution in [0.2, 0.25) is 0 Å². The van der Waals surface area contributed by atoms with Crippen LogP contribution >= 0.6 is 15.9 Å².